The average molecular weight is 405 g/mol. The Labute approximate surface area is 179 Å². The standard InChI is InChI=1S/C26H32N2O2/c1-18(2)20-11-13-21(14-12-20)26(25(30)27-22-7-5-4-6-8-22)17-24(29)28(26)23-15-9-19(3)10-16-23/h9-16,18,22H,4-8,17H2,1-3H3,(H,27,30). The molecule has 1 saturated heterocycles. The number of amides is 2. The third kappa shape index (κ3) is 3.64. The summed E-state index contributed by atoms with van der Waals surface area (Å²) in [5.41, 5.74) is 3.06. The molecule has 158 valence electrons. The first-order valence-electron chi connectivity index (χ1n) is 11.2. The van der Waals surface area contributed by atoms with E-state index >= 15 is 0 Å². The second-order valence-electron chi connectivity index (χ2n) is 9.19. The van der Waals surface area contributed by atoms with E-state index < -0.39 is 5.54 Å². The van der Waals surface area contributed by atoms with Crippen LogP contribution in [0.5, 0.6) is 0 Å². The van der Waals surface area contributed by atoms with E-state index in [1.807, 2.05) is 43.3 Å². The minimum absolute atomic E-state index is 0.00872. The van der Waals surface area contributed by atoms with Crippen molar-refractivity contribution in [2.45, 2.75) is 76.8 Å². The molecule has 2 aromatic rings. The largest absolute Gasteiger partial charge is 0.351 e. The van der Waals surface area contributed by atoms with Gasteiger partial charge in [-0.1, -0.05) is 75.1 Å². The normalized spacial score (nSPS) is 22.1. The van der Waals surface area contributed by atoms with Crippen LogP contribution in [0.15, 0.2) is 48.5 Å². The number of nitrogens with zero attached hydrogens (tertiary/aromatic N) is 1. The number of rotatable bonds is 5. The highest BCUT2D eigenvalue weighted by Gasteiger charge is 2.58. The van der Waals surface area contributed by atoms with Gasteiger partial charge < -0.3 is 5.32 Å². The van der Waals surface area contributed by atoms with Crippen molar-refractivity contribution < 1.29 is 9.59 Å². The van der Waals surface area contributed by atoms with Gasteiger partial charge in [-0.2, -0.15) is 0 Å². The first-order chi connectivity index (χ1) is 14.4. The first kappa shape index (κ1) is 20.6. The SMILES string of the molecule is Cc1ccc(N2C(=O)CC2(C(=O)NC2CCCCC2)c2ccc(C(C)C)cc2)cc1. The maximum atomic E-state index is 13.7. The van der Waals surface area contributed by atoms with E-state index in [0.29, 0.717) is 5.92 Å². The monoisotopic (exact) mass is 404 g/mol. The highest BCUT2D eigenvalue weighted by molar-refractivity contribution is 6.13. The van der Waals surface area contributed by atoms with Crippen LogP contribution in [0.2, 0.25) is 0 Å². The lowest BCUT2D eigenvalue weighted by molar-refractivity contribution is -0.141. The van der Waals surface area contributed by atoms with E-state index in [-0.39, 0.29) is 24.3 Å². The van der Waals surface area contributed by atoms with E-state index in [4.69, 9.17) is 0 Å². The van der Waals surface area contributed by atoms with Crippen molar-refractivity contribution in [2.24, 2.45) is 0 Å². The Morgan fingerprint density at radius 2 is 1.63 bits per heavy atom. The van der Waals surface area contributed by atoms with Crippen molar-refractivity contribution >= 4 is 17.5 Å². The summed E-state index contributed by atoms with van der Waals surface area (Å²) in [6.45, 7) is 6.34. The number of β-lactam (4-membered cyclic amide) rings is 1. The van der Waals surface area contributed by atoms with Gasteiger partial charge in [0.05, 0.1) is 6.42 Å². The smallest absolute Gasteiger partial charge is 0.251 e. The van der Waals surface area contributed by atoms with Gasteiger partial charge in [0, 0.05) is 11.7 Å². The molecule has 2 amide bonds. The van der Waals surface area contributed by atoms with Gasteiger partial charge in [0.1, 0.15) is 0 Å². The van der Waals surface area contributed by atoms with Gasteiger partial charge in [0.15, 0.2) is 5.54 Å². The number of carbonyl (C=O) groups excluding carboxylic acids is 2. The molecule has 1 aliphatic heterocycles. The Bertz CT molecular complexity index is 911. The molecule has 1 unspecified atom stereocenters. The molecule has 1 heterocycles. The summed E-state index contributed by atoms with van der Waals surface area (Å²) < 4.78 is 0. The summed E-state index contributed by atoms with van der Waals surface area (Å²) in [5.74, 6) is 0.361. The fraction of sp³-hybridized carbons (Fsp3) is 0.462. The number of hydrogen-bond acceptors (Lipinski definition) is 2. The summed E-state index contributed by atoms with van der Waals surface area (Å²) in [6, 6.07) is 16.3. The van der Waals surface area contributed by atoms with Gasteiger partial charge in [-0.05, 0) is 48.9 Å². The van der Waals surface area contributed by atoms with Crippen molar-refractivity contribution in [1.82, 2.24) is 5.32 Å². The number of benzene rings is 2. The highest BCUT2D eigenvalue weighted by atomic mass is 16.2. The Kier molecular flexibility index (Phi) is 5.68. The minimum Gasteiger partial charge on any atom is -0.351 e. The van der Waals surface area contributed by atoms with Crippen LogP contribution in [0, 0.1) is 6.92 Å². The molecule has 4 nitrogen and oxygen atoms in total. The number of aryl methyl sites for hydroxylation is 1. The predicted molar refractivity (Wildman–Crippen MR) is 121 cm³/mol. The number of anilines is 1. The van der Waals surface area contributed by atoms with Gasteiger partial charge in [0.2, 0.25) is 5.91 Å². The van der Waals surface area contributed by atoms with Crippen LogP contribution in [0.3, 0.4) is 0 Å². The number of carbonyl (C=O) groups is 2. The van der Waals surface area contributed by atoms with E-state index in [1.165, 1.54) is 12.0 Å². The molecular formula is C26H32N2O2. The summed E-state index contributed by atoms with van der Waals surface area (Å²) in [5, 5.41) is 3.30. The fourth-order valence-electron chi connectivity index (χ4n) is 4.80. The van der Waals surface area contributed by atoms with Crippen LogP contribution in [-0.2, 0) is 15.1 Å². The molecule has 0 bridgehead atoms. The van der Waals surface area contributed by atoms with E-state index in [1.54, 1.807) is 4.90 Å². The number of nitrogens with one attached hydrogen (secondary N) is 1. The number of hydrogen-bond donors (Lipinski definition) is 1. The van der Waals surface area contributed by atoms with Crippen LogP contribution >= 0.6 is 0 Å². The van der Waals surface area contributed by atoms with Gasteiger partial charge in [-0.15, -0.1) is 0 Å². The van der Waals surface area contributed by atoms with Crippen LogP contribution in [0.1, 0.15) is 75.0 Å². The summed E-state index contributed by atoms with van der Waals surface area (Å²) >= 11 is 0. The lowest BCUT2D eigenvalue weighted by Gasteiger charge is -2.51. The molecule has 1 atom stereocenters. The van der Waals surface area contributed by atoms with Crippen LogP contribution in [0.25, 0.3) is 0 Å². The maximum absolute atomic E-state index is 13.7. The minimum atomic E-state index is -0.973. The molecule has 2 aromatic carbocycles. The Morgan fingerprint density at radius 1 is 1.00 bits per heavy atom. The van der Waals surface area contributed by atoms with Crippen molar-refractivity contribution in [3.63, 3.8) is 0 Å². The second-order valence-corrected chi connectivity index (χ2v) is 9.19. The van der Waals surface area contributed by atoms with Crippen LogP contribution in [0.4, 0.5) is 5.69 Å². The molecule has 4 rings (SSSR count). The summed E-state index contributed by atoms with van der Waals surface area (Å²) in [7, 11) is 0. The zero-order chi connectivity index (χ0) is 21.3. The lowest BCUT2D eigenvalue weighted by atomic mass is 9.75. The van der Waals surface area contributed by atoms with E-state index in [2.05, 4.69) is 31.3 Å². The quantitative estimate of drug-likeness (QED) is 0.697. The van der Waals surface area contributed by atoms with Crippen molar-refractivity contribution in [1.29, 1.82) is 0 Å². The first-order valence-corrected chi connectivity index (χ1v) is 11.2. The van der Waals surface area contributed by atoms with E-state index in [0.717, 1.165) is 42.5 Å². The van der Waals surface area contributed by atoms with Crippen LogP contribution < -0.4 is 10.2 Å². The maximum Gasteiger partial charge on any atom is 0.251 e. The van der Waals surface area contributed by atoms with Gasteiger partial charge in [-0.25, -0.2) is 0 Å². The van der Waals surface area contributed by atoms with Gasteiger partial charge in [-0.3, -0.25) is 14.5 Å². The van der Waals surface area contributed by atoms with Crippen molar-refractivity contribution in [3.8, 4) is 0 Å². The molecule has 2 fully saturated rings. The molecule has 30 heavy (non-hydrogen) atoms. The average Bonchev–Trinajstić information content (AvgIpc) is 2.74. The molecule has 2 aliphatic rings. The lowest BCUT2D eigenvalue weighted by Crippen LogP contribution is -2.69. The Morgan fingerprint density at radius 3 is 2.20 bits per heavy atom. The topological polar surface area (TPSA) is 49.4 Å². The van der Waals surface area contributed by atoms with Crippen molar-refractivity contribution in [3.05, 3.63) is 65.2 Å². The molecule has 1 aliphatic carbocycles. The molecule has 0 radical (unpaired) electrons. The molecule has 4 heteroatoms. The molecule has 1 N–H and O–H groups in total. The fourth-order valence-corrected chi connectivity index (χ4v) is 4.80. The third-order valence-corrected chi connectivity index (χ3v) is 6.70. The van der Waals surface area contributed by atoms with Gasteiger partial charge >= 0.3 is 0 Å². The molecule has 1 saturated carbocycles. The van der Waals surface area contributed by atoms with Gasteiger partial charge in [0.25, 0.3) is 5.91 Å². The molecular weight excluding hydrogens is 372 g/mol. The van der Waals surface area contributed by atoms with Crippen LogP contribution in [-0.4, -0.2) is 17.9 Å². The van der Waals surface area contributed by atoms with E-state index in [9.17, 15) is 9.59 Å². The zero-order valence-electron chi connectivity index (χ0n) is 18.3. The Hall–Kier alpha value is -2.62. The second kappa shape index (κ2) is 8.25. The summed E-state index contributed by atoms with van der Waals surface area (Å²) in [6.07, 6.45) is 5.80. The van der Waals surface area contributed by atoms with Crippen molar-refractivity contribution in [2.75, 3.05) is 4.90 Å². The molecule has 0 spiro atoms. The third-order valence-electron chi connectivity index (χ3n) is 6.70. The Balaban J connectivity index is 1.73. The highest BCUT2D eigenvalue weighted by Crippen LogP contribution is 2.45. The summed E-state index contributed by atoms with van der Waals surface area (Å²) in [4.78, 5) is 28.3. The molecule has 0 aromatic heterocycles. The predicted octanol–water partition coefficient (Wildman–Crippen LogP) is 5.20. The zero-order valence-corrected chi connectivity index (χ0v) is 18.3.